The molecule has 0 saturated heterocycles. The molecule has 0 bridgehead atoms. The summed E-state index contributed by atoms with van der Waals surface area (Å²) in [7, 11) is 0. The lowest BCUT2D eigenvalue weighted by molar-refractivity contribution is 0.166. The molecule has 1 saturated carbocycles. The summed E-state index contributed by atoms with van der Waals surface area (Å²) in [4.78, 5) is 0. The summed E-state index contributed by atoms with van der Waals surface area (Å²) in [5.41, 5.74) is 0.429. The fourth-order valence-corrected chi connectivity index (χ4v) is 3.15. The molecule has 0 aliphatic heterocycles. The van der Waals surface area contributed by atoms with Crippen LogP contribution in [0.5, 0.6) is 0 Å². The van der Waals surface area contributed by atoms with E-state index in [1.807, 2.05) is 6.92 Å². The number of hydrogen-bond acceptors (Lipinski definition) is 4. The Morgan fingerprint density at radius 3 is 2.81 bits per heavy atom. The maximum Gasteiger partial charge on any atom is 0.131 e. The van der Waals surface area contributed by atoms with Crippen LogP contribution in [0.1, 0.15) is 49.5 Å². The first-order valence-electron chi connectivity index (χ1n) is 6.10. The highest BCUT2D eigenvalue weighted by Gasteiger charge is 2.31. The van der Waals surface area contributed by atoms with Crippen LogP contribution in [-0.2, 0) is 6.54 Å². The minimum absolute atomic E-state index is 0.429. The second kappa shape index (κ2) is 4.80. The van der Waals surface area contributed by atoms with E-state index in [-0.39, 0.29) is 0 Å². The SMILES string of the molecule is Cc1nnc(CNC2CCCCC2(C)C)s1. The number of rotatable bonds is 3. The molecular formula is C12H21N3S. The van der Waals surface area contributed by atoms with E-state index in [1.54, 1.807) is 11.3 Å². The van der Waals surface area contributed by atoms with Gasteiger partial charge in [-0.2, -0.15) is 0 Å². The zero-order valence-electron chi connectivity index (χ0n) is 10.4. The number of nitrogens with zero attached hydrogens (tertiary/aromatic N) is 2. The van der Waals surface area contributed by atoms with Gasteiger partial charge in [-0.3, -0.25) is 0 Å². The number of aromatic nitrogens is 2. The molecule has 1 aliphatic rings. The Hall–Kier alpha value is -0.480. The Bertz CT molecular complexity index is 346. The molecule has 0 spiro atoms. The van der Waals surface area contributed by atoms with Gasteiger partial charge in [0, 0.05) is 12.6 Å². The largest absolute Gasteiger partial charge is 0.307 e. The van der Waals surface area contributed by atoms with E-state index in [9.17, 15) is 0 Å². The predicted octanol–water partition coefficient (Wildman–Crippen LogP) is 2.90. The van der Waals surface area contributed by atoms with Crippen molar-refractivity contribution < 1.29 is 0 Å². The third kappa shape index (κ3) is 2.80. The van der Waals surface area contributed by atoms with Crippen molar-refractivity contribution in [2.45, 2.75) is 59.0 Å². The summed E-state index contributed by atoms with van der Waals surface area (Å²) in [6.45, 7) is 7.62. The molecule has 1 aromatic heterocycles. The Morgan fingerprint density at radius 1 is 1.38 bits per heavy atom. The van der Waals surface area contributed by atoms with Gasteiger partial charge < -0.3 is 5.32 Å². The molecule has 2 rings (SSSR count). The Kier molecular flexibility index (Phi) is 3.60. The van der Waals surface area contributed by atoms with E-state index in [1.165, 1.54) is 25.7 Å². The lowest BCUT2D eigenvalue weighted by Crippen LogP contribution is -2.43. The molecule has 1 aliphatic carbocycles. The molecule has 0 amide bonds. The van der Waals surface area contributed by atoms with Crippen molar-refractivity contribution in [3.63, 3.8) is 0 Å². The first kappa shape index (κ1) is 12.0. The molecule has 1 unspecified atom stereocenters. The summed E-state index contributed by atoms with van der Waals surface area (Å²) in [6.07, 6.45) is 5.37. The fraction of sp³-hybridized carbons (Fsp3) is 0.833. The van der Waals surface area contributed by atoms with E-state index in [2.05, 4.69) is 29.4 Å². The van der Waals surface area contributed by atoms with Crippen LogP contribution >= 0.6 is 11.3 Å². The molecule has 0 aromatic carbocycles. The molecule has 1 atom stereocenters. The van der Waals surface area contributed by atoms with Crippen molar-refractivity contribution in [1.82, 2.24) is 15.5 Å². The lowest BCUT2D eigenvalue weighted by atomic mass is 9.73. The van der Waals surface area contributed by atoms with Crippen LogP contribution in [0.4, 0.5) is 0 Å². The van der Waals surface area contributed by atoms with E-state index in [4.69, 9.17) is 0 Å². The molecule has 1 N–H and O–H groups in total. The summed E-state index contributed by atoms with van der Waals surface area (Å²) >= 11 is 1.69. The van der Waals surface area contributed by atoms with Gasteiger partial charge in [-0.1, -0.05) is 26.7 Å². The Balaban J connectivity index is 1.89. The highest BCUT2D eigenvalue weighted by Crippen LogP contribution is 2.35. The standard InChI is InChI=1S/C12H21N3S/c1-9-14-15-11(16-9)8-13-10-6-4-5-7-12(10,2)3/h10,13H,4-8H2,1-3H3. The lowest BCUT2D eigenvalue weighted by Gasteiger charge is -2.39. The van der Waals surface area contributed by atoms with Crippen LogP contribution in [0.3, 0.4) is 0 Å². The molecule has 1 aromatic rings. The zero-order valence-corrected chi connectivity index (χ0v) is 11.2. The van der Waals surface area contributed by atoms with E-state index in [0.29, 0.717) is 11.5 Å². The predicted molar refractivity (Wildman–Crippen MR) is 67.5 cm³/mol. The molecule has 90 valence electrons. The van der Waals surface area contributed by atoms with E-state index < -0.39 is 0 Å². The Morgan fingerprint density at radius 2 is 2.19 bits per heavy atom. The molecule has 0 radical (unpaired) electrons. The second-order valence-corrected chi connectivity index (χ2v) is 6.65. The van der Waals surface area contributed by atoms with Crippen molar-refractivity contribution in [2.75, 3.05) is 0 Å². The number of nitrogens with one attached hydrogen (secondary N) is 1. The van der Waals surface area contributed by atoms with Crippen molar-refractivity contribution in [2.24, 2.45) is 5.41 Å². The van der Waals surface area contributed by atoms with Gasteiger partial charge in [-0.15, -0.1) is 21.5 Å². The summed E-state index contributed by atoms with van der Waals surface area (Å²) in [6, 6.07) is 0.630. The minimum Gasteiger partial charge on any atom is -0.307 e. The van der Waals surface area contributed by atoms with Crippen LogP contribution in [-0.4, -0.2) is 16.2 Å². The first-order valence-corrected chi connectivity index (χ1v) is 6.92. The third-order valence-corrected chi connectivity index (χ3v) is 4.41. The van der Waals surface area contributed by atoms with Crippen molar-refractivity contribution in [1.29, 1.82) is 0 Å². The topological polar surface area (TPSA) is 37.8 Å². The zero-order chi connectivity index (χ0) is 11.6. The first-order chi connectivity index (χ1) is 7.58. The average molecular weight is 239 g/mol. The monoisotopic (exact) mass is 239 g/mol. The van der Waals surface area contributed by atoms with Gasteiger partial charge in [-0.25, -0.2) is 0 Å². The van der Waals surface area contributed by atoms with Gasteiger partial charge >= 0.3 is 0 Å². The summed E-state index contributed by atoms with van der Waals surface area (Å²) < 4.78 is 0. The smallest absolute Gasteiger partial charge is 0.131 e. The maximum atomic E-state index is 4.15. The van der Waals surface area contributed by atoms with Crippen molar-refractivity contribution >= 4 is 11.3 Å². The van der Waals surface area contributed by atoms with Crippen LogP contribution in [0, 0.1) is 12.3 Å². The minimum atomic E-state index is 0.429. The number of aryl methyl sites for hydroxylation is 1. The Labute approximate surface area is 102 Å². The van der Waals surface area contributed by atoms with Crippen LogP contribution in [0.2, 0.25) is 0 Å². The van der Waals surface area contributed by atoms with E-state index in [0.717, 1.165) is 16.6 Å². The van der Waals surface area contributed by atoms with Gasteiger partial charge in [0.25, 0.3) is 0 Å². The highest BCUT2D eigenvalue weighted by molar-refractivity contribution is 7.11. The third-order valence-electron chi connectivity index (χ3n) is 3.57. The van der Waals surface area contributed by atoms with Crippen molar-refractivity contribution in [3.05, 3.63) is 10.0 Å². The quantitative estimate of drug-likeness (QED) is 0.881. The van der Waals surface area contributed by atoms with Crippen molar-refractivity contribution in [3.8, 4) is 0 Å². The molecule has 1 fully saturated rings. The normalized spacial score (nSPS) is 24.6. The second-order valence-electron chi connectivity index (χ2n) is 5.38. The fourth-order valence-electron chi connectivity index (χ4n) is 2.49. The summed E-state index contributed by atoms with van der Waals surface area (Å²) in [5, 5.41) is 14.0. The molecule has 3 nitrogen and oxygen atoms in total. The molecule has 4 heteroatoms. The number of hydrogen-bond donors (Lipinski definition) is 1. The van der Waals surface area contributed by atoms with Gasteiger partial charge in [0.05, 0.1) is 0 Å². The molecule has 16 heavy (non-hydrogen) atoms. The highest BCUT2D eigenvalue weighted by atomic mass is 32.1. The van der Waals surface area contributed by atoms with Crippen LogP contribution in [0.15, 0.2) is 0 Å². The van der Waals surface area contributed by atoms with Gasteiger partial charge in [0.15, 0.2) is 0 Å². The summed E-state index contributed by atoms with van der Waals surface area (Å²) in [5.74, 6) is 0. The van der Waals surface area contributed by atoms with Crippen LogP contribution < -0.4 is 5.32 Å². The average Bonchev–Trinajstić information content (AvgIpc) is 2.62. The van der Waals surface area contributed by atoms with Crippen LogP contribution in [0.25, 0.3) is 0 Å². The van der Waals surface area contributed by atoms with Gasteiger partial charge in [0.1, 0.15) is 10.0 Å². The molecular weight excluding hydrogens is 218 g/mol. The maximum absolute atomic E-state index is 4.15. The van der Waals surface area contributed by atoms with Gasteiger partial charge in [-0.05, 0) is 25.2 Å². The molecule has 1 heterocycles. The van der Waals surface area contributed by atoms with E-state index >= 15 is 0 Å². The van der Waals surface area contributed by atoms with Gasteiger partial charge in [0.2, 0.25) is 0 Å².